The second-order valence-corrected chi connectivity index (χ2v) is 25.8. The smallest absolute Gasteiger partial charge is 0.338 e. The second kappa shape index (κ2) is 25.6. The van der Waals surface area contributed by atoms with Crippen molar-refractivity contribution in [2.75, 3.05) is 20.2 Å². The van der Waals surface area contributed by atoms with Crippen LogP contribution in [-0.4, -0.2) is 47.8 Å². The summed E-state index contributed by atoms with van der Waals surface area (Å²) >= 11 is 3.46. The van der Waals surface area contributed by atoms with Gasteiger partial charge in [-0.2, -0.15) is 0 Å². The van der Waals surface area contributed by atoms with E-state index in [1.54, 1.807) is 22.7 Å². The first-order valence-corrected chi connectivity index (χ1v) is 30.6. The zero-order valence-electron chi connectivity index (χ0n) is 47.5. The van der Waals surface area contributed by atoms with Crippen molar-refractivity contribution in [3.05, 3.63) is 80.8 Å². The summed E-state index contributed by atoms with van der Waals surface area (Å²) in [6, 6.07) is 12.4. The number of unbranched alkanes of at least 4 members (excludes halogenated alkanes) is 11. The van der Waals surface area contributed by atoms with Gasteiger partial charge in [0.2, 0.25) is 0 Å². The SMILES string of the molecule is CCCCCCc1c(C(=O)OC)c2cc(C(C)(C)C)sc2c2sc(-c3ccc(C4=C5C(=O)N(CC(CCCC)CCCCCC)C(c6ccc(C(C)(C)C)o6)=C5C(=O)N4CC(CCCC)CCCCCC)o3)cc12. The van der Waals surface area contributed by atoms with Crippen molar-refractivity contribution in [2.45, 2.75) is 222 Å². The summed E-state index contributed by atoms with van der Waals surface area (Å²) in [6.07, 6.45) is 22.9. The molecule has 7 rings (SSSR count). The third kappa shape index (κ3) is 12.7. The van der Waals surface area contributed by atoms with E-state index < -0.39 is 0 Å². The molecule has 8 nitrogen and oxygen atoms in total. The number of fused-ring (bicyclic) bond motifs is 4. The minimum absolute atomic E-state index is 0.109. The second-order valence-electron chi connectivity index (χ2n) is 23.7. The zero-order valence-corrected chi connectivity index (χ0v) is 49.2. The van der Waals surface area contributed by atoms with E-state index in [0.29, 0.717) is 58.5 Å². The van der Waals surface area contributed by atoms with Crippen molar-refractivity contribution >= 4 is 72.0 Å². The van der Waals surface area contributed by atoms with Gasteiger partial charge in [-0.3, -0.25) is 9.59 Å². The van der Waals surface area contributed by atoms with Crippen molar-refractivity contribution in [3.8, 4) is 10.6 Å². The number of esters is 1. The largest absolute Gasteiger partial charge is 0.465 e. The summed E-state index contributed by atoms with van der Waals surface area (Å²) in [5.41, 5.74) is 3.39. The van der Waals surface area contributed by atoms with Gasteiger partial charge in [0.05, 0.1) is 38.1 Å². The Labute approximate surface area is 452 Å². The molecule has 2 aliphatic heterocycles. The predicted octanol–water partition coefficient (Wildman–Crippen LogP) is 18.8. The molecule has 0 N–H and O–H groups in total. The van der Waals surface area contributed by atoms with Crippen LogP contribution >= 0.6 is 22.7 Å². The van der Waals surface area contributed by atoms with Crippen molar-refractivity contribution < 1.29 is 28.0 Å². The van der Waals surface area contributed by atoms with E-state index in [1.165, 1.54) is 50.5 Å². The summed E-state index contributed by atoms with van der Waals surface area (Å²) in [6.45, 7) is 25.3. The molecule has 1 aromatic carbocycles. The van der Waals surface area contributed by atoms with Gasteiger partial charge in [0.1, 0.15) is 22.9 Å². The van der Waals surface area contributed by atoms with Crippen LogP contribution in [0, 0.1) is 11.8 Å². The Morgan fingerprint density at radius 2 is 1.05 bits per heavy atom. The molecule has 2 atom stereocenters. The van der Waals surface area contributed by atoms with E-state index in [1.807, 2.05) is 34.1 Å². The van der Waals surface area contributed by atoms with E-state index in [-0.39, 0.29) is 40.4 Å². The first-order chi connectivity index (χ1) is 35.5. The van der Waals surface area contributed by atoms with E-state index in [0.717, 1.165) is 133 Å². The van der Waals surface area contributed by atoms with Gasteiger partial charge in [-0.1, -0.05) is 172 Å². The molecule has 0 saturated carbocycles. The quantitative estimate of drug-likeness (QED) is 0.0350. The Morgan fingerprint density at radius 3 is 1.55 bits per heavy atom. The number of methoxy groups -OCH3 is 1. The maximum atomic E-state index is 15.7. The van der Waals surface area contributed by atoms with E-state index in [2.05, 4.69) is 88.3 Å². The first-order valence-electron chi connectivity index (χ1n) is 28.9. The number of carbonyl (C=O) groups excluding carboxylic acids is 3. The van der Waals surface area contributed by atoms with Crippen molar-refractivity contribution in [3.63, 3.8) is 0 Å². The topological polar surface area (TPSA) is 93.2 Å². The van der Waals surface area contributed by atoms with Crippen LogP contribution in [0.1, 0.15) is 243 Å². The third-order valence-electron chi connectivity index (χ3n) is 15.6. The fourth-order valence-electron chi connectivity index (χ4n) is 11.2. The molecule has 0 bridgehead atoms. The summed E-state index contributed by atoms with van der Waals surface area (Å²) in [5.74, 6) is 2.55. The summed E-state index contributed by atoms with van der Waals surface area (Å²) < 4.78 is 21.6. The minimum atomic E-state index is -0.299. The number of amides is 2. The summed E-state index contributed by atoms with van der Waals surface area (Å²) in [5, 5.41) is 2.02. The van der Waals surface area contributed by atoms with Crippen LogP contribution in [0.2, 0.25) is 0 Å². The molecular formula is C64H90N2O6S2. The molecule has 404 valence electrons. The number of hydrogen-bond donors (Lipinski definition) is 0. The number of ether oxygens (including phenoxy) is 1. The van der Waals surface area contributed by atoms with Gasteiger partial charge in [0.25, 0.3) is 11.8 Å². The van der Waals surface area contributed by atoms with E-state index in [4.69, 9.17) is 13.6 Å². The number of rotatable bonds is 29. The lowest BCUT2D eigenvalue weighted by atomic mass is 9.91. The van der Waals surface area contributed by atoms with Crippen molar-refractivity contribution in [2.24, 2.45) is 11.8 Å². The third-order valence-corrected chi connectivity index (χ3v) is 18.4. The zero-order chi connectivity index (χ0) is 53.3. The molecule has 0 saturated heterocycles. The molecule has 5 aromatic rings. The fraction of sp³-hybridized carbons (Fsp3) is 0.609. The van der Waals surface area contributed by atoms with Crippen molar-refractivity contribution in [1.82, 2.24) is 9.80 Å². The van der Waals surface area contributed by atoms with Gasteiger partial charge in [0, 0.05) is 28.8 Å². The van der Waals surface area contributed by atoms with Crippen LogP contribution in [-0.2, 0) is 31.6 Å². The van der Waals surface area contributed by atoms with Crippen LogP contribution in [0.3, 0.4) is 0 Å². The van der Waals surface area contributed by atoms with Gasteiger partial charge in [-0.05, 0) is 103 Å². The van der Waals surface area contributed by atoms with Gasteiger partial charge in [0.15, 0.2) is 11.5 Å². The Kier molecular flexibility index (Phi) is 19.8. The maximum absolute atomic E-state index is 15.7. The van der Waals surface area contributed by atoms with Gasteiger partial charge in [-0.15, -0.1) is 22.7 Å². The molecule has 6 heterocycles. The highest BCUT2D eigenvalue weighted by Crippen LogP contribution is 2.51. The lowest BCUT2D eigenvalue weighted by Gasteiger charge is -2.29. The molecule has 74 heavy (non-hydrogen) atoms. The first kappa shape index (κ1) is 57.3. The van der Waals surface area contributed by atoms with E-state index >= 15 is 9.59 Å². The Balaban J connectivity index is 1.42. The molecule has 0 aliphatic carbocycles. The number of aryl methyl sites for hydroxylation is 1. The number of furan rings is 2. The molecule has 2 amide bonds. The number of thiophene rings is 2. The van der Waals surface area contributed by atoms with Crippen LogP contribution in [0.15, 0.2) is 56.4 Å². The average molecular weight is 1050 g/mol. The summed E-state index contributed by atoms with van der Waals surface area (Å²) in [4.78, 5) is 51.4. The normalized spacial score (nSPS) is 15.3. The van der Waals surface area contributed by atoms with Gasteiger partial charge >= 0.3 is 5.97 Å². The van der Waals surface area contributed by atoms with Crippen LogP contribution < -0.4 is 0 Å². The molecule has 0 spiro atoms. The number of benzene rings is 1. The highest BCUT2D eigenvalue weighted by atomic mass is 32.1. The van der Waals surface area contributed by atoms with Crippen LogP contribution in [0.5, 0.6) is 0 Å². The Bertz CT molecular complexity index is 2780. The van der Waals surface area contributed by atoms with Gasteiger partial charge in [-0.25, -0.2) is 4.79 Å². The molecule has 10 heteroatoms. The van der Waals surface area contributed by atoms with Gasteiger partial charge < -0.3 is 23.4 Å². The number of carbonyl (C=O) groups is 3. The lowest BCUT2D eigenvalue weighted by Crippen LogP contribution is -2.34. The Hall–Kier alpha value is -4.41. The molecule has 2 unspecified atom stereocenters. The fourth-order valence-corrected chi connectivity index (χ4v) is 13.8. The highest BCUT2D eigenvalue weighted by molar-refractivity contribution is 7.29. The summed E-state index contributed by atoms with van der Waals surface area (Å²) in [7, 11) is 1.49. The molecular weight excluding hydrogens is 957 g/mol. The van der Waals surface area contributed by atoms with Crippen LogP contribution in [0.4, 0.5) is 0 Å². The van der Waals surface area contributed by atoms with Crippen LogP contribution in [0.25, 0.3) is 42.2 Å². The number of hydrogen-bond acceptors (Lipinski definition) is 8. The average Bonchev–Trinajstić information content (AvgIpc) is 4.24. The molecule has 0 radical (unpaired) electrons. The lowest BCUT2D eigenvalue weighted by molar-refractivity contribution is -0.124. The standard InChI is InChI=1S/C64H90N2O6S2/c1-13-18-23-26-31-42(29-21-16-4)40-65-56(54-55(61(65)68)57(49-36-37-51(72-49)63(6,7)8)66(60(54)67)41-43(30-22-17-5)32-27-24-19-14-2)48-35-34-47(71-48)50-38-45-44(33-28-25-20-15-3)53(62(69)70-12)46-39-52(64(9,10)11)74-59(46)58(45)73-50/h34-39,42-43H,13-33,40-41H2,1-12H3. The highest BCUT2D eigenvalue weighted by Gasteiger charge is 2.51. The predicted molar refractivity (Wildman–Crippen MR) is 311 cm³/mol. The molecule has 4 aromatic heterocycles. The van der Waals surface area contributed by atoms with Crippen molar-refractivity contribution in [1.29, 1.82) is 0 Å². The molecule has 0 fully saturated rings. The van der Waals surface area contributed by atoms with E-state index in [9.17, 15) is 4.79 Å². The molecule has 2 aliphatic rings. The minimum Gasteiger partial charge on any atom is -0.465 e. The maximum Gasteiger partial charge on any atom is 0.338 e. The Morgan fingerprint density at radius 1 is 0.568 bits per heavy atom. The number of nitrogens with zero attached hydrogens (tertiary/aromatic N) is 2. The monoisotopic (exact) mass is 1050 g/mol.